The number of amides is 1. The second-order valence-corrected chi connectivity index (χ2v) is 8.30. The highest BCUT2D eigenvalue weighted by molar-refractivity contribution is 9.10. The summed E-state index contributed by atoms with van der Waals surface area (Å²) in [5.41, 5.74) is 3.44. The number of piperazine rings is 1. The van der Waals surface area contributed by atoms with E-state index < -0.39 is 5.41 Å². The van der Waals surface area contributed by atoms with Crippen LogP contribution >= 0.6 is 15.9 Å². The molecule has 27 heavy (non-hydrogen) atoms. The maximum atomic E-state index is 13.3. The quantitative estimate of drug-likeness (QED) is 0.798. The molecule has 2 heterocycles. The van der Waals surface area contributed by atoms with Crippen molar-refractivity contribution in [3.63, 3.8) is 0 Å². The van der Waals surface area contributed by atoms with Crippen LogP contribution in [0.5, 0.6) is 0 Å². The van der Waals surface area contributed by atoms with Crippen LogP contribution in [0.15, 0.2) is 40.9 Å². The number of nitriles is 1. The Hall–Kier alpha value is -2.36. The molecule has 0 saturated carbocycles. The minimum absolute atomic E-state index is 0.00967. The Bertz CT molecular complexity index is 957. The lowest BCUT2D eigenvalue weighted by Crippen LogP contribution is -2.43. The Balaban J connectivity index is 1.87. The normalized spacial score (nSPS) is 18.4. The number of hydrogen-bond acceptors (Lipinski definition) is 4. The first kappa shape index (κ1) is 18.0. The fraction of sp³-hybridized carbons (Fsp3) is 0.333. The van der Waals surface area contributed by atoms with E-state index in [2.05, 4.69) is 50.4 Å². The van der Waals surface area contributed by atoms with Gasteiger partial charge in [0, 0.05) is 36.3 Å². The monoisotopic (exact) mass is 424 g/mol. The molecule has 1 N–H and O–H groups in total. The van der Waals surface area contributed by atoms with Crippen molar-refractivity contribution in [2.45, 2.75) is 19.3 Å². The van der Waals surface area contributed by atoms with Crippen molar-refractivity contribution in [3.8, 4) is 6.07 Å². The second-order valence-electron chi connectivity index (χ2n) is 7.45. The lowest BCUT2D eigenvalue weighted by Gasteiger charge is -2.30. The minimum Gasteiger partial charge on any atom is -0.369 e. The summed E-state index contributed by atoms with van der Waals surface area (Å²) in [5.74, 6) is -0.00967. The van der Waals surface area contributed by atoms with E-state index in [1.165, 1.54) is 0 Å². The van der Waals surface area contributed by atoms with Crippen molar-refractivity contribution in [2.24, 2.45) is 0 Å². The number of halogens is 1. The van der Waals surface area contributed by atoms with E-state index in [1.807, 2.05) is 32.0 Å². The summed E-state index contributed by atoms with van der Waals surface area (Å²) in [6, 6.07) is 14.0. The Labute approximate surface area is 167 Å². The lowest BCUT2D eigenvalue weighted by atomic mass is 9.86. The van der Waals surface area contributed by atoms with E-state index in [0.717, 1.165) is 43.1 Å². The Morgan fingerprint density at radius 2 is 1.89 bits per heavy atom. The van der Waals surface area contributed by atoms with Crippen molar-refractivity contribution in [1.29, 1.82) is 5.26 Å². The van der Waals surface area contributed by atoms with E-state index in [4.69, 9.17) is 0 Å². The zero-order valence-electron chi connectivity index (χ0n) is 15.4. The van der Waals surface area contributed by atoms with Crippen LogP contribution in [-0.4, -0.2) is 32.1 Å². The predicted octanol–water partition coefficient (Wildman–Crippen LogP) is 3.69. The third-order valence-corrected chi connectivity index (χ3v) is 6.12. The summed E-state index contributed by atoms with van der Waals surface area (Å²) in [4.78, 5) is 17.4. The summed E-state index contributed by atoms with van der Waals surface area (Å²) in [5, 5.41) is 13.0. The molecule has 0 unspecified atom stereocenters. The second kappa shape index (κ2) is 6.66. The van der Waals surface area contributed by atoms with E-state index in [-0.39, 0.29) is 5.91 Å². The van der Waals surface area contributed by atoms with Gasteiger partial charge in [-0.05, 0) is 59.6 Å². The van der Waals surface area contributed by atoms with E-state index in [1.54, 1.807) is 4.90 Å². The van der Waals surface area contributed by atoms with Crippen LogP contribution in [-0.2, 0) is 10.2 Å². The van der Waals surface area contributed by atoms with Crippen molar-refractivity contribution in [1.82, 2.24) is 5.32 Å². The van der Waals surface area contributed by atoms with Crippen LogP contribution in [0.4, 0.5) is 17.1 Å². The highest BCUT2D eigenvalue weighted by atomic mass is 79.9. The molecule has 0 radical (unpaired) electrons. The van der Waals surface area contributed by atoms with E-state index in [0.29, 0.717) is 15.7 Å². The van der Waals surface area contributed by atoms with Gasteiger partial charge in [-0.2, -0.15) is 5.26 Å². The highest BCUT2D eigenvalue weighted by Crippen LogP contribution is 2.48. The van der Waals surface area contributed by atoms with Crippen molar-refractivity contribution < 1.29 is 4.79 Å². The van der Waals surface area contributed by atoms with Crippen molar-refractivity contribution >= 4 is 38.9 Å². The first-order valence-corrected chi connectivity index (χ1v) is 9.88. The molecular weight excluding hydrogens is 404 g/mol. The van der Waals surface area contributed by atoms with Crippen LogP contribution in [0.2, 0.25) is 0 Å². The van der Waals surface area contributed by atoms with Gasteiger partial charge in [-0.3, -0.25) is 9.69 Å². The Morgan fingerprint density at radius 1 is 1.15 bits per heavy atom. The largest absolute Gasteiger partial charge is 0.369 e. The van der Waals surface area contributed by atoms with Gasteiger partial charge in [-0.1, -0.05) is 12.1 Å². The molecule has 5 nitrogen and oxygen atoms in total. The van der Waals surface area contributed by atoms with Crippen LogP contribution in [0, 0.1) is 11.3 Å². The zero-order valence-corrected chi connectivity index (χ0v) is 17.0. The molecule has 138 valence electrons. The fourth-order valence-electron chi connectivity index (χ4n) is 3.91. The average Bonchev–Trinajstić information content (AvgIpc) is 2.88. The Kier molecular flexibility index (Phi) is 4.45. The summed E-state index contributed by atoms with van der Waals surface area (Å²) in [6.45, 7) is 7.68. The third-order valence-electron chi connectivity index (χ3n) is 5.46. The molecule has 4 rings (SSSR count). The standard InChI is InChI=1S/C21H21BrN4O/c1-21(2)16-7-6-14(25-10-8-24-9-11-25)12-19(16)26(20(21)27)18-5-3-4-17(22)15(18)13-23/h3-7,12,24H,8-11H2,1-2H3. The van der Waals surface area contributed by atoms with Gasteiger partial charge < -0.3 is 10.2 Å². The number of rotatable bonds is 2. The first-order chi connectivity index (χ1) is 12.9. The van der Waals surface area contributed by atoms with Gasteiger partial charge in [0.15, 0.2) is 0 Å². The van der Waals surface area contributed by atoms with Gasteiger partial charge in [0.2, 0.25) is 5.91 Å². The fourth-order valence-corrected chi connectivity index (χ4v) is 4.35. The molecule has 2 aromatic carbocycles. The third kappa shape index (κ3) is 2.82. The molecular formula is C21H21BrN4O. The topological polar surface area (TPSA) is 59.4 Å². The van der Waals surface area contributed by atoms with Crippen molar-refractivity contribution in [2.75, 3.05) is 36.0 Å². The molecule has 2 aliphatic rings. The maximum Gasteiger partial charge on any atom is 0.241 e. The number of fused-ring (bicyclic) bond motifs is 1. The SMILES string of the molecule is CC1(C)C(=O)N(c2cccc(Br)c2C#N)c2cc(N3CCNCC3)ccc21. The molecule has 0 aliphatic carbocycles. The molecule has 0 atom stereocenters. The molecule has 2 aliphatic heterocycles. The van der Waals surface area contributed by atoms with Gasteiger partial charge in [0.25, 0.3) is 0 Å². The number of carbonyl (C=O) groups excluding carboxylic acids is 1. The number of anilines is 3. The summed E-state index contributed by atoms with van der Waals surface area (Å²) in [7, 11) is 0. The Morgan fingerprint density at radius 3 is 2.59 bits per heavy atom. The summed E-state index contributed by atoms with van der Waals surface area (Å²) < 4.78 is 0.694. The van der Waals surface area contributed by atoms with Gasteiger partial charge in [0.1, 0.15) is 6.07 Å². The minimum atomic E-state index is -0.633. The molecule has 1 amide bonds. The van der Waals surface area contributed by atoms with Gasteiger partial charge >= 0.3 is 0 Å². The van der Waals surface area contributed by atoms with E-state index in [9.17, 15) is 10.1 Å². The number of nitrogens with zero attached hydrogens (tertiary/aromatic N) is 3. The van der Waals surface area contributed by atoms with Gasteiger partial charge in [-0.25, -0.2) is 0 Å². The predicted molar refractivity (Wildman–Crippen MR) is 111 cm³/mol. The van der Waals surface area contributed by atoms with Crippen LogP contribution in [0.3, 0.4) is 0 Å². The molecule has 1 saturated heterocycles. The maximum absolute atomic E-state index is 13.3. The van der Waals surface area contributed by atoms with Crippen LogP contribution < -0.4 is 15.1 Å². The lowest BCUT2D eigenvalue weighted by molar-refractivity contribution is -0.121. The number of hydrogen-bond donors (Lipinski definition) is 1. The molecule has 2 aromatic rings. The van der Waals surface area contributed by atoms with Gasteiger partial charge in [-0.15, -0.1) is 0 Å². The molecule has 1 fully saturated rings. The summed E-state index contributed by atoms with van der Waals surface area (Å²) in [6.07, 6.45) is 0. The number of benzene rings is 2. The van der Waals surface area contributed by atoms with Crippen LogP contribution in [0.25, 0.3) is 0 Å². The summed E-state index contributed by atoms with van der Waals surface area (Å²) >= 11 is 3.44. The van der Waals surface area contributed by atoms with Gasteiger partial charge in [0.05, 0.1) is 22.4 Å². The van der Waals surface area contributed by atoms with E-state index >= 15 is 0 Å². The first-order valence-electron chi connectivity index (χ1n) is 9.08. The van der Waals surface area contributed by atoms with Crippen LogP contribution in [0.1, 0.15) is 25.0 Å². The zero-order chi connectivity index (χ0) is 19.2. The molecule has 0 spiro atoms. The number of nitrogens with one attached hydrogen (secondary N) is 1. The highest BCUT2D eigenvalue weighted by Gasteiger charge is 2.45. The smallest absolute Gasteiger partial charge is 0.241 e. The average molecular weight is 425 g/mol. The van der Waals surface area contributed by atoms with Crippen molar-refractivity contribution in [3.05, 3.63) is 52.0 Å². The molecule has 0 bridgehead atoms. The molecule has 6 heteroatoms. The molecule has 0 aromatic heterocycles. The number of carbonyl (C=O) groups is 1.